The molecule has 7 heteroatoms. The lowest BCUT2D eigenvalue weighted by molar-refractivity contribution is -0.151. The second-order valence-electron chi connectivity index (χ2n) is 7.04. The van der Waals surface area contributed by atoms with Gasteiger partial charge in [-0.2, -0.15) is 0 Å². The molecular weight excluding hydrogens is 354 g/mol. The minimum atomic E-state index is -0.498. The fourth-order valence-corrected chi connectivity index (χ4v) is 3.88. The monoisotopic (exact) mass is 379 g/mol. The van der Waals surface area contributed by atoms with E-state index in [4.69, 9.17) is 22.1 Å². The Balaban J connectivity index is 1.56. The van der Waals surface area contributed by atoms with Gasteiger partial charge in [-0.15, -0.1) is 0 Å². The van der Waals surface area contributed by atoms with Gasteiger partial charge in [-0.25, -0.2) is 0 Å². The van der Waals surface area contributed by atoms with E-state index in [2.05, 4.69) is 0 Å². The molecule has 0 aromatic heterocycles. The van der Waals surface area contributed by atoms with Crippen LogP contribution in [-0.2, 0) is 20.7 Å². The average Bonchev–Trinajstić information content (AvgIpc) is 2.69. The fraction of sp³-hybridized carbons (Fsp3) is 0.579. The zero-order chi connectivity index (χ0) is 18.6. The van der Waals surface area contributed by atoms with Crippen molar-refractivity contribution in [1.82, 2.24) is 9.80 Å². The normalized spacial score (nSPS) is 20.1. The summed E-state index contributed by atoms with van der Waals surface area (Å²) in [6.07, 6.45) is 1.64. The van der Waals surface area contributed by atoms with Crippen molar-refractivity contribution in [3.8, 4) is 0 Å². The summed E-state index contributed by atoms with van der Waals surface area (Å²) in [5.74, 6) is 0.159. The van der Waals surface area contributed by atoms with E-state index in [1.165, 1.54) is 0 Å². The highest BCUT2D eigenvalue weighted by atomic mass is 35.5. The van der Waals surface area contributed by atoms with Crippen molar-refractivity contribution >= 4 is 23.4 Å². The van der Waals surface area contributed by atoms with Crippen LogP contribution < -0.4 is 5.73 Å². The highest BCUT2D eigenvalue weighted by molar-refractivity contribution is 6.31. The van der Waals surface area contributed by atoms with Gasteiger partial charge in [0, 0.05) is 51.0 Å². The molecule has 0 unspecified atom stereocenters. The Morgan fingerprint density at radius 2 is 1.69 bits per heavy atom. The van der Waals surface area contributed by atoms with Gasteiger partial charge in [-0.1, -0.05) is 29.8 Å². The summed E-state index contributed by atoms with van der Waals surface area (Å²) in [5.41, 5.74) is 6.28. The zero-order valence-electron chi connectivity index (χ0n) is 15.0. The smallest absolute Gasteiger partial charge is 0.230 e. The molecule has 1 aromatic carbocycles. The molecule has 0 saturated carbocycles. The summed E-state index contributed by atoms with van der Waals surface area (Å²) in [6, 6.07) is 7.40. The number of hydrogen-bond acceptors (Lipinski definition) is 4. The Hall–Kier alpha value is -1.63. The van der Waals surface area contributed by atoms with E-state index in [1.807, 2.05) is 28.0 Å². The molecule has 2 fully saturated rings. The van der Waals surface area contributed by atoms with Gasteiger partial charge in [0.05, 0.1) is 11.8 Å². The van der Waals surface area contributed by atoms with Crippen LogP contribution in [-0.4, -0.2) is 67.6 Å². The molecule has 1 aromatic rings. The lowest BCUT2D eigenvalue weighted by Crippen LogP contribution is -2.57. The molecule has 2 aliphatic rings. The number of benzene rings is 1. The van der Waals surface area contributed by atoms with Crippen LogP contribution in [0.4, 0.5) is 0 Å². The zero-order valence-corrected chi connectivity index (χ0v) is 15.7. The molecule has 0 radical (unpaired) electrons. The first-order valence-corrected chi connectivity index (χ1v) is 9.52. The largest absolute Gasteiger partial charge is 0.381 e. The van der Waals surface area contributed by atoms with Gasteiger partial charge >= 0.3 is 0 Å². The standard InChI is InChI=1S/C19H26ClN3O3/c20-16-4-2-1-3-15(16)13-17(24)22-7-9-23(10-8-22)18(25)19(14-21)5-11-26-12-6-19/h1-4H,5-14,21H2. The Morgan fingerprint density at radius 3 is 2.31 bits per heavy atom. The second-order valence-corrected chi connectivity index (χ2v) is 7.45. The van der Waals surface area contributed by atoms with E-state index in [1.54, 1.807) is 6.07 Å². The maximum atomic E-state index is 13.0. The Labute approximate surface area is 159 Å². The van der Waals surface area contributed by atoms with Crippen molar-refractivity contribution in [2.24, 2.45) is 11.1 Å². The highest BCUT2D eigenvalue weighted by Crippen LogP contribution is 2.32. The van der Waals surface area contributed by atoms with Crippen LogP contribution in [0.3, 0.4) is 0 Å². The topological polar surface area (TPSA) is 75.9 Å². The highest BCUT2D eigenvalue weighted by Gasteiger charge is 2.42. The molecule has 0 spiro atoms. The van der Waals surface area contributed by atoms with E-state index in [-0.39, 0.29) is 18.2 Å². The van der Waals surface area contributed by atoms with E-state index in [0.717, 1.165) is 5.56 Å². The number of rotatable bonds is 4. The third-order valence-corrected chi connectivity index (χ3v) is 5.88. The third-order valence-electron chi connectivity index (χ3n) is 5.51. The maximum Gasteiger partial charge on any atom is 0.230 e. The van der Waals surface area contributed by atoms with Gasteiger partial charge in [-0.05, 0) is 24.5 Å². The summed E-state index contributed by atoms with van der Waals surface area (Å²) in [5, 5.41) is 0.610. The molecule has 26 heavy (non-hydrogen) atoms. The number of carbonyl (C=O) groups excluding carboxylic acids is 2. The number of piperazine rings is 1. The van der Waals surface area contributed by atoms with E-state index >= 15 is 0 Å². The molecule has 0 atom stereocenters. The molecule has 2 amide bonds. The predicted octanol–water partition coefficient (Wildman–Crippen LogP) is 1.31. The van der Waals surface area contributed by atoms with Crippen LogP contribution in [0.1, 0.15) is 18.4 Å². The van der Waals surface area contributed by atoms with Gasteiger partial charge in [0.25, 0.3) is 0 Å². The lowest BCUT2D eigenvalue weighted by atomic mass is 9.78. The summed E-state index contributed by atoms with van der Waals surface area (Å²) >= 11 is 6.14. The van der Waals surface area contributed by atoms with Gasteiger partial charge in [0.2, 0.25) is 11.8 Å². The first-order chi connectivity index (χ1) is 12.6. The first kappa shape index (κ1) is 19.1. The van der Waals surface area contributed by atoms with Gasteiger partial charge in [-0.3, -0.25) is 9.59 Å². The van der Waals surface area contributed by atoms with Crippen molar-refractivity contribution < 1.29 is 14.3 Å². The molecular formula is C19H26ClN3O3. The molecule has 2 saturated heterocycles. The first-order valence-electron chi connectivity index (χ1n) is 9.14. The minimum absolute atomic E-state index is 0.0461. The van der Waals surface area contributed by atoms with Crippen molar-refractivity contribution in [2.75, 3.05) is 45.9 Å². The molecule has 2 N–H and O–H groups in total. The summed E-state index contributed by atoms with van der Waals surface area (Å²) in [7, 11) is 0. The number of amides is 2. The molecule has 0 bridgehead atoms. The second kappa shape index (κ2) is 8.37. The van der Waals surface area contributed by atoms with Crippen molar-refractivity contribution in [1.29, 1.82) is 0 Å². The molecule has 2 aliphatic heterocycles. The van der Waals surface area contributed by atoms with Crippen LogP contribution >= 0.6 is 11.6 Å². The van der Waals surface area contributed by atoms with E-state index in [0.29, 0.717) is 63.8 Å². The van der Waals surface area contributed by atoms with E-state index < -0.39 is 5.41 Å². The van der Waals surface area contributed by atoms with E-state index in [9.17, 15) is 9.59 Å². The fourth-order valence-electron chi connectivity index (χ4n) is 3.68. The van der Waals surface area contributed by atoms with Crippen LogP contribution in [0.15, 0.2) is 24.3 Å². The molecule has 3 rings (SSSR count). The Kier molecular flexibility index (Phi) is 6.16. The summed E-state index contributed by atoms with van der Waals surface area (Å²) in [4.78, 5) is 29.2. The third kappa shape index (κ3) is 4.03. The number of carbonyl (C=O) groups is 2. The maximum absolute atomic E-state index is 13.0. The predicted molar refractivity (Wildman–Crippen MR) is 99.9 cm³/mol. The molecule has 6 nitrogen and oxygen atoms in total. The summed E-state index contributed by atoms with van der Waals surface area (Å²) in [6.45, 7) is 3.71. The number of ether oxygens (including phenoxy) is 1. The van der Waals surface area contributed by atoms with Gasteiger partial charge in [0.15, 0.2) is 0 Å². The molecule has 0 aliphatic carbocycles. The Bertz CT molecular complexity index is 653. The molecule has 142 valence electrons. The van der Waals surface area contributed by atoms with Gasteiger partial charge < -0.3 is 20.3 Å². The van der Waals surface area contributed by atoms with Crippen molar-refractivity contribution in [3.63, 3.8) is 0 Å². The van der Waals surface area contributed by atoms with Gasteiger partial charge in [0.1, 0.15) is 0 Å². The average molecular weight is 380 g/mol. The molecule has 2 heterocycles. The van der Waals surface area contributed by atoms with Crippen LogP contribution in [0.25, 0.3) is 0 Å². The SMILES string of the molecule is NCC1(C(=O)N2CCN(C(=O)Cc3ccccc3Cl)CC2)CCOCC1. The van der Waals surface area contributed by atoms with Crippen molar-refractivity contribution in [3.05, 3.63) is 34.9 Å². The van der Waals surface area contributed by atoms with Crippen molar-refractivity contribution in [2.45, 2.75) is 19.3 Å². The number of nitrogens with two attached hydrogens (primary N) is 1. The van der Waals surface area contributed by atoms with Crippen LogP contribution in [0.5, 0.6) is 0 Å². The summed E-state index contributed by atoms with van der Waals surface area (Å²) < 4.78 is 5.39. The minimum Gasteiger partial charge on any atom is -0.381 e. The number of halogens is 1. The van der Waals surface area contributed by atoms with Crippen LogP contribution in [0.2, 0.25) is 5.02 Å². The Morgan fingerprint density at radius 1 is 1.08 bits per heavy atom. The lowest BCUT2D eigenvalue weighted by Gasteiger charge is -2.42. The quantitative estimate of drug-likeness (QED) is 0.855. The number of hydrogen-bond donors (Lipinski definition) is 1. The number of nitrogens with zero attached hydrogens (tertiary/aromatic N) is 2. The van der Waals surface area contributed by atoms with Crippen LogP contribution in [0, 0.1) is 5.41 Å².